The quantitative estimate of drug-likeness (QED) is 0.670. The van der Waals surface area contributed by atoms with E-state index >= 15 is 0 Å². The highest BCUT2D eigenvalue weighted by Gasteiger charge is 2.13. The van der Waals surface area contributed by atoms with Gasteiger partial charge in [-0.3, -0.25) is 9.59 Å². The maximum atomic E-state index is 12.3. The minimum atomic E-state index is -0.584. The average Bonchev–Trinajstić information content (AvgIpc) is 2.62. The van der Waals surface area contributed by atoms with E-state index in [1.165, 1.54) is 18.2 Å². The fourth-order valence-corrected chi connectivity index (χ4v) is 2.47. The first-order valence-electron chi connectivity index (χ1n) is 7.45. The zero-order valence-corrected chi connectivity index (χ0v) is 13.7. The van der Waals surface area contributed by atoms with Crippen LogP contribution in [-0.4, -0.2) is 21.2 Å². The highest BCUT2D eigenvalue weighted by atomic mass is 35.5. The van der Waals surface area contributed by atoms with Crippen molar-refractivity contribution in [3.8, 4) is 17.0 Å². The molecule has 0 aliphatic heterocycles. The second kappa shape index (κ2) is 7.19. The molecule has 3 N–H and O–H groups in total. The molecule has 2 aromatic carbocycles. The third kappa shape index (κ3) is 3.87. The number of rotatable bonds is 4. The van der Waals surface area contributed by atoms with Gasteiger partial charge in [-0.1, -0.05) is 29.8 Å². The first kappa shape index (κ1) is 16.7. The summed E-state index contributed by atoms with van der Waals surface area (Å²) >= 11 is 6.05. The predicted molar refractivity (Wildman–Crippen MR) is 94.6 cm³/mol. The van der Waals surface area contributed by atoms with Crippen LogP contribution in [0.1, 0.15) is 15.9 Å². The van der Waals surface area contributed by atoms with E-state index in [0.717, 1.165) is 5.56 Å². The molecule has 6 nitrogen and oxygen atoms in total. The monoisotopic (exact) mass is 355 g/mol. The number of hydrogen-bond acceptors (Lipinski definition) is 4. The first-order valence-corrected chi connectivity index (χ1v) is 7.83. The Morgan fingerprint density at radius 2 is 1.88 bits per heavy atom. The van der Waals surface area contributed by atoms with Gasteiger partial charge in [0, 0.05) is 17.1 Å². The minimum absolute atomic E-state index is 0.0508. The van der Waals surface area contributed by atoms with Gasteiger partial charge in [0.1, 0.15) is 11.3 Å². The maximum Gasteiger partial charge on any atom is 0.277 e. The van der Waals surface area contributed by atoms with E-state index < -0.39 is 11.5 Å². The number of aromatic hydroxyl groups is 1. The number of nitrogens with one attached hydrogen (secondary N) is 2. The van der Waals surface area contributed by atoms with Crippen molar-refractivity contribution in [1.29, 1.82) is 0 Å². The molecule has 0 spiro atoms. The van der Waals surface area contributed by atoms with Crippen LogP contribution in [0.25, 0.3) is 11.3 Å². The molecule has 0 unspecified atom stereocenters. The SMILES string of the molecule is O=C(NCc1ccccc1Cl)c1cc(-c2ccc(O)cc2)n[nH]c1=O. The molecule has 0 atom stereocenters. The smallest absolute Gasteiger partial charge is 0.277 e. The Bertz CT molecular complexity index is 968. The summed E-state index contributed by atoms with van der Waals surface area (Å²) in [5.41, 5.74) is 1.20. The molecule has 3 rings (SSSR count). The molecule has 0 saturated carbocycles. The summed E-state index contributed by atoms with van der Waals surface area (Å²) < 4.78 is 0. The van der Waals surface area contributed by atoms with Gasteiger partial charge < -0.3 is 10.4 Å². The maximum absolute atomic E-state index is 12.3. The molecule has 1 aromatic heterocycles. The van der Waals surface area contributed by atoms with Crippen molar-refractivity contribution in [3.63, 3.8) is 0 Å². The number of carbonyl (C=O) groups is 1. The van der Waals surface area contributed by atoms with Crippen LogP contribution in [0.5, 0.6) is 5.75 Å². The van der Waals surface area contributed by atoms with Gasteiger partial charge in [-0.2, -0.15) is 5.10 Å². The van der Waals surface area contributed by atoms with E-state index in [-0.39, 0.29) is 17.9 Å². The van der Waals surface area contributed by atoms with Crippen LogP contribution in [-0.2, 0) is 6.54 Å². The molecule has 3 aromatic rings. The van der Waals surface area contributed by atoms with Crippen molar-refractivity contribution in [2.24, 2.45) is 0 Å². The zero-order chi connectivity index (χ0) is 17.8. The Labute approximate surface area is 148 Å². The van der Waals surface area contributed by atoms with Gasteiger partial charge in [-0.05, 0) is 42.0 Å². The summed E-state index contributed by atoms with van der Waals surface area (Å²) in [5, 5.41) is 18.8. The van der Waals surface area contributed by atoms with Gasteiger partial charge in [0.05, 0.1) is 5.69 Å². The highest BCUT2D eigenvalue weighted by Crippen LogP contribution is 2.19. The second-order valence-electron chi connectivity index (χ2n) is 5.32. The Morgan fingerprint density at radius 1 is 1.16 bits per heavy atom. The Hall–Kier alpha value is -3.12. The van der Waals surface area contributed by atoms with Crippen molar-refractivity contribution in [2.45, 2.75) is 6.54 Å². The van der Waals surface area contributed by atoms with E-state index in [1.807, 2.05) is 6.07 Å². The van der Waals surface area contributed by atoms with Crippen molar-refractivity contribution >= 4 is 17.5 Å². The number of aromatic nitrogens is 2. The van der Waals surface area contributed by atoms with Crippen LogP contribution < -0.4 is 10.9 Å². The van der Waals surface area contributed by atoms with Gasteiger partial charge in [0.15, 0.2) is 0 Å². The van der Waals surface area contributed by atoms with Crippen LogP contribution >= 0.6 is 11.6 Å². The van der Waals surface area contributed by atoms with Crippen LogP contribution in [0.15, 0.2) is 59.4 Å². The number of amides is 1. The summed E-state index contributed by atoms with van der Waals surface area (Å²) in [6.45, 7) is 0.203. The van der Waals surface area contributed by atoms with E-state index in [2.05, 4.69) is 15.5 Å². The van der Waals surface area contributed by atoms with Crippen molar-refractivity contribution in [3.05, 3.63) is 81.1 Å². The summed E-state index contributed by atoms with van der Waals surface area (Å²) in [7, 11) is 0. The van der Waals surface area contributed by atoms with Crippen molar-refractivity contribution in [1.82, 2.24) is 15.5 Å². The summed E-state index contributed by atoms with van der Waals surface area (Å²) in [4.78, 5) is 24.3. The van der Waals surface area contributed by atoms with E-state index in [0.29, 0.717) is 16.3 Å². The lowest BCUT2D eigenvalue weighted by Gasteiger charge is -2.07. The fourth-order valence-electron chi connectivity index (χ4n) is 2.27. The second-order valence-corrected chi connectivity index (χ2v) is 5.72. The number of phenolic OH excluding ortho intramolecular Hbond substituents is 1. The van der Waals surface area contributed by atoms with Crippen LogP contribution in [0, 0.1) is 0 Å². The molecule has 126 valence electrons. The van der Waals surface area contributed by atoms with Gasteiger partial charge in [-0.15, -0.1) is 0 Å². The molecular weight excluding hydrogens is 342 g/mol. The molecule has 25 heavy (non-hydrogen) atoms. The minimum Gasteiger partial charge on any atom is -0.508 e. The standard InChI is InChI=1S/C18H14ClN3O3/c19-15-4-2-1-3-12(15)10-20-17(24)14-9-16(21-22-18(14)25)11-5-7-13(23)8-6-11/h1-9,23H,10H2,(H,20,24)(H,22,25). The third-order valence-electron chi connectivity index (χ3n) is 3.61. The largest absolute Gasteiger partial charge is 0.508 e. The summed E-state index contributed by atoms with van der Waals surface area (Å²) in [6, 6.07) is 14.8. The van der Waals surface area contributed by atoms with Gasteiger partial charge in [-0.25, -0.2) is 5.10 Å². The molecule has 0 radical (unpaired) electrons. The Kier molecular flexibility index (Phi) is 4.81. The normalized spacial score (nSPS) is 10.4. The van der Waals surface area contributed by atoms with Gasteiger partial charge >= 0.3 is 0 Å². The number of aromatic amines is 1. The lowest BCUT2D eigenvalue weighted by molar-refractivity contribution is 0.0949. The van der Waals surface area contributed by atoms with Gasteiger partial charge in [0.25, 0.3) is 11.5 Å². The number of nitrogens with zero attached hydrogens (tertiary/aromatic N) is 1. The molecule has 0 fully saturated rings. The van der Waals surface area contributed by atoms with Crippen LogP contribution in [0.4, 0.5) is 0 Å². The number of carbonyl (C=O) groups excluding carboxylic acids is 1. The number of halogens is 1. The molecule has 0 saturated heterocycles. The third-order valence-corrected chi connectivity index (χ3v) is 3.98. The number of phenols is 1. The van der Waals surface area contributed by atoms with Crippen molar-refractivity contribution in [2.75, 3.05) is 0 Å². The van der Waals surface area contributed by atoms with Gasteiger partial charge in [0.2, 0.25) is 0 Å². The first-order chi connectivity index (χ1) is 12.0. The molecule has 0 aliphatic carbocycles. The lowest BCUT2D eigenvalue weighted by atomic mass is 10.1. The molecule has 7 heteroatoms. The average molecular weight is 356 g/mol. The predicted octanol–water partition coefficient (Wildman–Crippen LogP) is 2.73. The van der Waals surface area contributed by atoms with E-state index in [1.54, 1.807) is 30.3 Å². The Balaban J connectivity index is 1.82. The van der Waals surface area contributed by atoms with Crippen LogP contribution in [0.3, 0.4) is 0 Å². The molecule has 0 bridgehead atoms. The molecular formula is C18H14ClN3O3. The highest BCUT2D eigenvalue weighted by molar-refractivity contribution is 6.31. The zero-order valence-electron chi connectivity index (χ0n) is 13.0. The number of H-pyrrole nitrogens is 1. The molecule has 1 heterocycles. The summed E-state index contributed by atoms with van der Waals surface area (Å²) in [5.74, 6) is -0.408. The van der Waals surface area contributed by atoms with E-state index in [9.17, 15) is 14.7 Å². The van der Waals surface area contributed by atoms with E-state index in [4.69, 9.17) is 11.6 Å². The number of benzene rings is 2. The molecule has 1 amide bonds. The fraction of sp³-hybridized carbons (Fsp3) is 0.0556. The molecule has 0 aliphatic rings. The number of hydrogen-bond donors (Lipinski definition) is 3. The van der Waals surface area contributed by atoms with Crippen LogP contribution in [0.2, 0.25) is 5.02 Å². The Morgan fingerprint density at radius 3 is 2.60 bits per heavy atom. The topological polar surface area (TPSA) is 95.1 Å². The summed E-state index contributed by atoms with van der Waals surface area (Å²) in [6.07, 6.45) is 0. The lowest BCUT2D eigenvalue weighted by Crippen LogP contribution is -2.29. The van der Waals surface area contributed by atoms with Crippen molar-refractivity contribution < 1.29 is 9.90 Å².